The number of methoxy groups -OCH3 is 2. The molecule has 0 aromatic heterocycles. The highest BCUT2D eigenvalue weighted by Crippen LogP contribution is 2.29. The highest BCUT2D eigenvalue weighted by atomic mass is 16.5. The first-order valence-electron chi connectivity index (χ1n) is 7.80. The first kappa shape index (κ1) is 18.2. The first-order chi connectivity index (χ1) is 12.1. The molecule has 0 atom stereocenters. The van der Waals surface area contributed by atoms with Gasteiger partial charge in [0.25, 0.3) is 0 Å². The summed E-state index contributed by atoms with van der Waals surface area (Å²) in [7, 11) is 3.10. The minimum Gasteiger partial charge on any atom is -0.494 e. The van der Waals surface area contributed by atoms with E-state index in [2.05, 4.69) is 5.32 Å². The summed E-state index contributed by atoms with van der Waals surface area (Å²) >= 11 is 0. The summed E-state index contributed by atoms with van der Waals surface area (Å²) in [5.41, 5.74) is 7.63. The lowest BCUT2D eigenvalue weighted by Crippen LogP contribution is -2.09. The van der Waals surface area contributed by atoms with Crippen LogP contribution in [0, 0.1) is 0 Å². The highest BCUT2D eigenvalue weighted by molar-refractivity contribution is 6.02. The van der Waals surface area contributed by atoms with Gasteiger partial charge in [-0.3, -0.25) is 4.79 Å². The highest BCUT2D eigenvalue weighted by Gasteiger charge is 2.07. The van der Waals surface area contributed by atoms with Gasteiger partial charge in [0.2, 0.25) is 5.91 Å². The monoisotopic (exact) mass is 342 g/mol. The average Bonchev–Trinajstić information content (AvgIpc) is 2.62. The number of nitrogen functional groups attached to an aromatic ring is 1. The van der Waals surface area contributed by atoms with Crippen molar-refractivity contribution in [3.05, 3.63) is 48.0 Å². The van der Waals surface area contributed by atoms with Crippen molar-refractivity contribution in [1.29, 1.82) is 0 Å². The van der Waals surface area contributed by atoms with Crippen molar-refractivity contribution in [3.63, 3.8) is 0 Å². The van der Waals surface area contributed by atoms with E-state index in [-0.39, 0.29) is 5.91 Å². The summed E-state index contributed by atoms with van der Waals surface area (Å²) in [6, 6.07) is 10.5. The van der Waals surface area contributed by atoms with E-state index in [0.29, 0.717) is 35.2 Å². The number of carbonyl (C=O) groups is 1. The van der Waals surface area contributed by atoms with Crippen LogP contribution in [0.4, 0.5) is 11.4 Å². The van der Waals surface area contributed by atoms with E-state index in [1.165, 1.54) is 13.2 Å². The third kappa shape index (κ3) is 4.91. The number of benzene rings is 2. The molecule has 2 aromatic rings. The summed E-state index contributed by atoms with van der Waals surface area (Å²) in [5.74, 6) is 1.50. The van der Waals surface area contributed by atoms with Crippen LogP contribution >= 0.6 is 0 Å². The predicted octanol–water partition coefficient (Wildman–Crippen LogP) is 3.34. The standard InChI is InChI=1S/C19H22N2O4/c1-4-25-16-9-5-13(11-18(16)24-3)6-10-19(22)21-15-8-7-14(20)12-17(15)23-2/h5-12H,4,20H2,1-3H3,(H,21,22)/b10-6+. The van der Waals surface area contributed by atoms with Gasteiger partial charge in [0.15, 0.2) is 11.5 Å². The van der Waals surface area contributed by atoms with Gasteiger partial charge in [0, 0.05) is 17.8 Å². The average molecular weight is 342 g/mol. The molecule has 0 bridgehead atoms. The summed E-state index contributed by atoms with van der Waals surface area (Å²) in [5, 5.41) is 2.76. The van der Waals surface area contributed by atoms with E-state index in [0.717, 1.165) is 5.56 Å². The molecule has 2 rings (SSSR count). The normalized spacial score (nSPS) is 10.5. The Balaban J connectivity index is 2.10. The van der Waals surface area contributed by atoms with Crippen molar-refractivity contribution >= 4 is 23.4 Å². The van der Waals surface area contributed by atoms with Gasteiger partial charge in [-0.15, -0.1) is 0 Å². The van der Waals surface area contributed by atoms with Gasteiger partial charge in [-0.05, 0) is 42.8 Å². The number of rotatable bonds is 7. The van der Waals surface area contributed by atoms with Crippen molar-refractivity contribution in [2.45, 2.75) is 6.92 Å². The second-order valence-electron chi connectivity index (χ2n) is 5.13. The Morgan fingerprint density at radius 1 is 1.08 bits per heavy atom. The molecule has 0 heterocycles. The molecule has 0 aliphatic carbocycles. The number of hydrogen-bond donors (Lipinski definition) is 2. The summed E-state index contributed by atoms with van der Waals surface area (Å²) in [6.07, 6.45) is 3.13. The van der Waals surface area contributed by atoms with E-state index in [1.807, 2.05) is 19.1 Å². The second-order valence-corrected chi connectivity index (χ2v) is 5.13. The number of carbonyl (C=O) groups excluding carboxylic acids is 1. The van der Waals surface area contributed by atoms with E-state index >= 15 is 0 Å². The van der Waals surface area contributed by atoms with Crippen molar-refractivity contribution in [2.24, 2.45) is 0 Å². The Morgan fingerprint density at radius 2 is 1.84 bits per heavy atom. The molecule has 0 fully saturated rings. The molecule has 6 nitrogen and oxygen atoms in total. The van der Waals surface area contributed by atoms with E-state index in [1.54, 1.807) is 37.5 Å². The molecule has 0 saturated carbocycles. The quantitative estimate of drug-likeness (QED) is 0.596. The van der Waals surface area contributed by atoms with Crippen LogP contribution in [0.5, 0.6) is 17.2 Å². The van der Waals surface area contributed by atoms with Crippen molar-refractivity contribution in [1.82, 2.24) is 0 Å². The van der Waals surface area contributed by atoms with Crippen LogP contribution in [0.1, 0.15) is 12.5 Å². The lowest BCUT2D eigenvalue weighted by molar-refractivity contribution is -0.111. The largest absolute Gasteiger partial charge is 0.494 e. The van der Waals surface area contributed by atoms with Crippen LogP contribution in [-0.2, 0) is 4.79 Å². The van der Waals surface area contributed by atoms with Crippen molar-refractivity contribution in [3.8, 4) is 17.2 Å². The van der Waals surface area contributed by atoms with Crippen LogP contribution in [0.2, 0.25) is 0 Å². The van der Waals surface area contributed by atoms with Crippen LogP contribution in [0.25, 0.3) is 6.08 Å². The van der Waals surface area contributed by atoms with Crippen LogP contribution in [0.15, 0.2) is 42.5 Å². The van der Waals surface area contributed by atoms with Crippen LogP contribution < -0.4 is 25.3 Å². The Bertz CT molecular complexity index is 772. The van der Waals surface area contributed by atoms with Gasteiger partial charge in [-0.2, -0.15) is 0 Å². The predicted molar refractivity (Wildman–Crippen MR) is 99.2 cm³/mol. The molecule has 0 aliphatic heterocycles. The fourth-order valence-electron chi connectivity index (χ4n) is 2.22. The first-order valence-corrected chi connectivity index (χ1v) is 7.80. The van der Waals surface area contributed by atoms with Gasteiger partial charge < -0.3 is 25.3 Å². The van der Waals surface area contributed by atoms with E-state index in [9.17, 15) is 4.79 Å². The fourth-order valence-corrected chi connectivity index (χ4v) is 2.22. The number of anilines is 2. The topological polar surface area (TPSA) is 82.8 Å². The Kier molecular flexibility index (Phi) is 6.28. The number of amides is 1. The molecule has 132 valence electrons. The Hall–Kier alpha value is -3.15. The molecule has 2 aromatic carbocycles. The molecule has 1 amide bonds. The van der Waals surface area contributed by atoms with E-state index in [4.69, 9.17) is 19.9 Å². The molecule has 0 spiro atoms. The fraction of sp³-hybridized carbons (Fsp3) is 0.211. The summed E-state index contributed by atoms with van der Waals surface area (Å²) < 4.78 is 16.0. The molecule has 6 heteroatoms. The number of hydrogen-bond acceptors (Lipinski definition) is 5. The number of nitrogens with two attached hydrogens (primary N) is 1. The molecule has 3 N–H and O–H groups in total. The summed E-state index contributed by atoms with van der Waals surface area (Å²) in [6.45, 7) is 2.46. The second kappa shape index (κ2) is 8.63. The maximum atomic E-state index is 12.1. The van der Waals surface area contributed by atoms with Crippen LogP contribution in [0.3, 0.4) is 0 Å². The molecule has 25 heavy (non-hydrogen) atoms. The molecule has 0 radical (unpaired) electrons. The van der Waals surface area contributed by atoms with Crippen LogP contribution in [-0.4, -0.2) is 26.7 Å². The smallest absolute Gasteiger partial charge is 0.248 e. The zero-order valence-electron chi connectivity index (χ0n) is 14.5. The van der Waals surface area contributed by atoms with Crippen molar-refractivity contribution in [2.75, 3.05) is 31.9 Å². The van der Waals surface area contributed by atoms with Gasteiger partial charge in [0.05, 0.1) is 26.5 Å². The zero-order valence-corrected chi connectivity index (χ0v) is 14.5. The lowest BCUT2D eigenvalue weighted by Gasteiger charge is -2.10. The molecule has 0 unspecified atom stereocenters. The molecular weight excluding hydrogens is 320 g/mol. The SMILES string of the molecule is CCOc1ccc(/C=C/C(=O)Nc2ccc(N)cc2OC)cc1OC. The van der Waals surface area contributed by atoms with Gasteiger partial charge >= 0.3 is 0 Å². The summed E-state index contributed by atoms with van der Waals surface area (Å²) in [4.78, 5) is 12.1. The molecule has 0 saturated heterocycles. The number of nitrogens with one attached hydrogen (secondary N) is 1. The molecular formula is C19H22N2O4. The molecule has 0 aliphatic rings. The third-order valence-corrected chi connectivity index (χ3v) is 3.40. The lowest BCUT2D eigenvalue weighted by atomic mass is 10.2. The minimum atomic E-state index is -0.282. The van der Waals surface area contributed by atoms with Gasteiger partial charge in [-0.25, -0.2) is 0 Å². The maximum absolute atomic E-state index is 12.1. The van der Waals surface area contributed by atoms with Gasteiger partial charge in [0.1, 0.15) is 5.75 Å². The Labute approximate surface area is 147 Å². The third-order valence-electron chi connectivity index (χ3n) is 3.40. The van der Waals surface area contributed by atoms with Crippen molar-refractivity contribution < 1.29 is 19.0 Å². The van der Waals surface area contributed by atoms with Gasteiger partial charge in [-0.1, -0.05) is 6.07 Å². The number of ether oxygens (including phenoxy) is 3. The zero-order chi connectivity index (χ0) is 18.2. The maximum Gasteiger partial charge on any atom is 0.248 e. The minimum absolute atomic E-state index is 0.282. The van der Waals surface area contributed by atoms with E-state index < -0.39 is 0 Å². The Morgan fingerprint density at radius 3 is 2.52 bits per heavy atom.